The van der Waals surface area contributed by atoms with Crippen molar-refractivity contribution in [3.63, 3.8) is 0 Å². The molecule has 1 aromatic rings. The predicted molar refractivity (Wildman–Crippen MR) is 83.8 cm³/mol. The highest BCUT2D eigenvalue weighted by molar-refractivity contribution is 7.98. The molecule has 0 fully saturated rings. The molecule has 0 aromatic heterocycles. The third-order valence-electron chi connectivity index (χ3n) is 3.48. The lowest BCUT2D eigenvalue weighted by Gasteiger charge is -2.23. The van der Waals surface area contributed by atoms with Crippen LogP contribution in [0.5, 0.6) is 0 Å². The maximum absolute atomic E-state index is 9.25. The average Bonchev–Trinajstić information content (AvgIpc) is 2.45. The SMILES string of the molecule is CCC(C)N(C)CCNc1cccc(SC)c1C#N. The fourth-order valence-electron chi connectivity index (χ4n) is 1.86. The van der Waals surface area contributed by atoms with Crippen LogP contribution in [0.2, 0.25) is 0 Å². The van der Waals surface area contributed by atoms with Crippen LogP contribution in [0.1, 0.15) is 25.8 Å². The summed E-state index contributed by atoms with van der Waals surface area (Å²) in [6.07, 6.45) is 3.15. The maximum atomic E-state index is 9.25. The van der Waals surface area contributed by atoms with Gasteiger partial charge in [0, 0.05) is 24.0 Å². The minimum atomic E-state index is 0.592. The summed E-state index contributed by atoms with van der Waals surface area (Å²) in [6, 6.07) is 8.84. The van der Waals surface area contributed by atoms with Crippen molar-refractivity contribution in [1.29, 1.82) is 5.26 Å². The van der Waals surface area contributed by atoms with Gasteiger partial charge >= 0.3 is 0 Å². The second-order valence-electron chi connectivity index (χ2n) is 4.66. The Morgan fingerprint density at radius 1 is 1.47 bits per heavy atom. The molecule has 1 aromatic carbocycles. The number of hydrogen-bond donors (Lipinski definition) is 1. The minimum Gasteiger partial charge on any atom is -0.383 e. The summed E-state index contributed by atoms with van der Waals surface area (Å²) < 4.78 is 0. The number of rotatable bonds is 7. The first-order chi connectivity index (χ1) is 9.13. The van der Waals surface area contributed by atoms with Gasteiger partial charge in [-0.05, 0) is 38.8 Å². The fourth-order valence-corrected chi connectivity index (χ4v) is 2.44. The summed E-state index contributed by atoms with van der Waals surface area (Å²) >= 11 is 1.61. The molecule has 19 heavy (non-hydrogen) atoms. The van der Waals surface area contributed by atoms with Crippen molar-refractivity contribution < 1.29 is 0 Å². The Bertz CT molecular complexity index is 440. The van der Waals surface area contributed by atoms with E-state index >= 15 is 0 Å². The summed E-state index contributed by atoms with van der Waals surface area (Å²) in [7, 11) is 2.14. The molecular formula is C15H23N3S. The third kappa shape index (κ3) is 4.45. The lowest BCUT2D eigenvalue weighted by Crippen LogP contribution is -2.32. The van der Waals surface area contributed by atoms with Crippen molar-refractivity contribution in [2.45, 2.75) is 31.2 Å². The first-order valence-corrected chi connectivity index (χ1v) is 7.87. The fraction of sp³-hybridized carbons (Fsp3) is 0.533. The number of nitrogens with zero attached hydrogens (tertiary/aromatic N) is 2. The quantitative estimate of drug-likeness (QED) is 0.775. The van der Waals surface area contributed by atoms with Crippen LogP contribution in [0.4, 0.5) is 5.69 Å². The predicted octanol–water partition coefficient (Wildman–Crippen LogP) is 3.42. The average molecular weight is 277 g/mol. The molecule has 104 valence electrons. The van der Waals surface area contributed by atoms with E-state index in [1.165, 1.54) is 0 Å². The lowest BCUT2D eigenvalue weighted by atomic mass is 10.2. The van der Waals surface area contributed by atoms with Crippen molar-refractivity contribution in [1.82, 2.24) is 4.90 Å². The smallest absolute Gasteiger partial charge is 0.102 e. The number of benzene rings is 1. The van der Waals surface area contributed by atoms with E-state index in [-0.39, 0.29) is 0 Å². The van der Waals surface area contributed by atoms with Gasteiger partial charge in [-0.15, -0.1) is 11.8 Å². The molecule has 1 atom stereocenters. The third-order valence-corrected chi connectivity index (χ3v) is 4.26. The number of thioether (sulfide) groups is 1. The van der Waals surface area contributed by atoms with Crippen molar-refractivity contribution in [2.24, 2.45) is 0 Å². The molecule has 1 N–H and O–H groups in total. The minimum absolute atomic E-state index is 0.592. The highest BCUT2D eigenvalue weighted by atomic mass is 32.2. The molecule has 1 rings (SSSR count). The van der Waals surface area contributed by atoms with Gasteiger partial charge in [-0.1, -0.05) is 13.0 Å². The number of hydrogen-bond acceptors (Lipinski definition) is 4. The Morgan fingerprint density at radius 2 is 2.21 bits per heavy atom. The molecule has 0 saturated heterocycles. The molecule has 0 aliphatic carbocycles. The normalized spacial score (nSPS) is 12.2. The summed E-state index contributed by atoms with van der Waals surface area (Å²) in [5.74, 6) is 0. The van der Waals surface area contributed by atoms with Gasteiger partial charge in [0.05, 0.1) is 11.3 Å². The molecule has 0 aliphatic rings. The molecule has 0 amide bonds. The van der Waals surface area contributed by atoms with Gasteiger partial charge in [-0.25, -0.2) is 0 Å². The first-order valence-electron chi connectivity index (χ1n) is 6.65. The van der Waals surface area contributed by atoms with Gasteiger partial charge in [0.15, 0.2) is 0 Å². The van der Waals surface area contributed by atoms with Crippen LogP contribution in [0.25, 0.3) is 0 Å². The monoisotopic (exact) mass is 277 g/mol. The number of likely N-dealkylation sites (N-methyl/N-ethyl adjacent to an activating group) is 1. The van der Waals surface area contributed by atoms with E-state index in [2.05, 4.69) is 37.2 Å². The van der Waals surface area contributed by atoms with Crippen LogP contribution in [-0.4, -0.2) is 37.3 Å². The molecule has 0 saturated carbocycles. The zero-order valence-corrected chi connectivity index (χ0v) is 13.0. The van der Waals surface area contributed by atoms with E-state index in [9.17, 15) is 5.26 Å². The summed E-state index contributed by atoms with van der Waals surface area (Å²) in [5, 5.41) is 12.6. The zero-order chi connectivity index (χ0) is 14.3. The van der Waals surface area contributed by atoms with Gasteiger partial charge < -0.3 is 10.2 Å². The summed E-state index contributed by atoms with van der Waals surface area (Å²) in [6.45, 7) is 6.26. The molecule has 3 nitrogen and oxygen atoms in total. The van der Waals surface area contributed by atoms with Gasteiger partial charge in [0.1, 0.15) is 6.07 Å². The first kappa shape index (κ1) is 15.9. The maximum Gasteiger partial charge on any atom is 0.102 e. The van der Waals surface area contributed by atoms with Crippen LogP contribution in [0.15, 0.2) is 23.1 Å². The van der Waals surface area contributed by atoms with Crippen molar-refractivity contribution in [3.8, 4) is 6.07 Å². The second kappa shape index (κ2) is 8.08. The largest absolute Gasteiger partial charge is 0.383 e. The van der Waals surface area contributed by atoms with E-state index in [1.54, 1.807) is 11.8 Å². The van der Waals surface area contributed by atoms with Crippen LogP contribution >= 0.6 is 11.8 Å². The Labute approximate surface area is 121 Å². The highest BCUT2D eigenvalue weighted by Gasteiger charge is 2.08. The number of nitriles is 1. The van der Waals surface area contributed by atoms with E-state index in [1.807, 2.05) is 24.5 Å². The molecular weight excluding hydrogens is 254 g/mol. The number of nitrogens with one attached hydrogen (secondary N) is 1. The van der Waals surface area contributed by atoms with Crippen molar-refractivity contribution >= 4 is 17.4 Å². The summed E-state index contributed by atoms with van der Waals surface area (Å²) in [5.41, 5.74) is 1.69. The molecule has 1 unspecified atom stereocenters. The van der Waals surface area contributed by atoms with Crippen LogP contribution < -0.4 is 5.32 Å². The van der Waals surface area contributed by atoms with Crippen molar-refractivity contribution in [2.75, 3.05) is 31.7 Å². The Hall–Kier alpha value is -1.18. The zero-order valence-electron chi connectivity index (χ0n) is 12.2. The molecule has 0 heterocycles. The van der Waals surface area contributed by atoms with E-state index in [4.69, 9.17) is 0 Å². The van der Waals surface area contributed by atoms with E-state index < -0.39 is 0 Å². The van der Waals surface area contributed by atoms with Gasteiger partial charge in [-0.2, -0.15) is 5.26 Å². The molecule has 4 heteroatoms. The summed E-state index contributed by atoms with van der Waals surface area (Å²) in [4.78, 5) is 3.36. The van der Waals surface area contributed by atoms with Crippen molar-refractivity contribution in [3.05, 3.63) is 23.8 Å². The Kier molecular flexibility index (Phi) is 6.75. The molecule has 0 spiro atoms. The van der Waals surface area contributed by atoms with E-state index in [0.717, 1.165) is 35.7 Å². The van der Waals surface area contributed by atoms with Gasteiger partial charge in [0.2, 0.25) is 0 Å². The van der Waals surface area contributed by atoms with Gasteiger partial charge in [-0.3, -0.25) is 0 Å². The van der Waals surface area contributed by atoms with Gasteiger partial charge in [0.25, 0.3) is 0 Å². The second-order valence-corrected chi connectivity index (χ2v) is 5.51. The highest BCUT2D eigenvalue weighted by Crippen LogP contribution is 2.26. The standard InChI is InChI=1S/C15H23N3S/c1-5-12(2)18(3)10-9-17-14-7-6-8-15(19-4)13(14)11-16/h6-8,12,17H,5,9-10H2,1-4H3. The Morgan fingerprint density at radius 3 is 2.79 bits per heavy atom. The van der Waals surface area contributed by atoms with Crippen LogP contribution in [0, 0.1) is 11.3 Å². The lowest BCUT2D eigenvalue weighted by molar-refractivity contribution is 0.261. The molecule has 0 aliphatic heterocycles. The van der Waals surface area contributed by atoms with Crippen LogP contribution in [-0.2, 0) is 0 Å². The Balaban J connectivity index is 2.61. The van der Waals surface area contributed by atoms with E-state index in [0.29, 0.717) is 6.04 Å². The molecule has 0 bridgehead atoms. The topological polar surface area (TPSA) is 39.1 Å². The number of anilines is 1. The van der Waals surface area contributed by atoms with Crippen LogP contribution in [0.3, 0.4) is 0 Å². The molecule has 0 radical (unpaired) electrons.